The zero-order valence-corrected chi connectivity index (χ0v) is 15.7. The van der Waals surface area contributed by atoms with Gasteiger partial charge in [-0.3, -0.25) is 14.4 Å². The van der Waals surface area contributed by atoms with Crippen molar-refractivity contribution in [3.05, 3.63) is 17.7 Å². The van der Waals surface area contributed by atoms with E-state index in [2.05, 4.69) is 0 Å². The normalized spacial score (nSPS) is 24.7. The van der Waals surface area contributed by atoms with E-state index in [1.807, 2.05) is 0 Å². The predicted octanol–water partition coefficient (Wildman–Crippen LogP) is 1.39. The molecule has 0 radical (unpaired) electrons. The van der Waals surface area contributed by atoms with Gasteiger partial charge in [0.25, 0.3) is 0 Å². The van der Waals surface area contributed by atoms with Crippen LogP contribution in [0.3, 0.4) is 0 Å². The standard InChI is InChI=1S/C17H20O9S/c1-7(18)24-13-6-27-17(14-11(22)4-10(21)5-12(14)23)16(26-9(3)20)15(13)25-8(2)19/h4-5,13,15-17,21-23H,6H2,1-3H3/t13-,15+,16-,17-/m1/s1. The molecular formula is C17H20O9S. The number of phenolic OH excluding ortho intramolecular Hbond substituents is 3. The van der Waals surface area contributed by atoms with Crippen LogP contribution < -0.4 is 0 Å². The van der Waals surface area contributed by atoms with Crippen molar-refractivity contribution in [2.75, 3.05) is 5.75 Å². The van der Waals surface area contributed by atoms with Gasteiger partial charge >= 0.3 is 17.9 Å². The molecule has 0 amide bonds. The number of ether oxygens (including phenoxy) is 3. The highest BCUT2D eigenvalue weighted by molar-refractivity contribution is 7.99. The highest BCUT2D eigenvalue weighted by atomic mass is 32.2. The zero-order chi connectivity index (χ0) is 20.3. The van der Waals surface area contributed by atoms with Crippen LogP contribution in [-0.2, 0) is 28.6 Å². The Hall–Kier alpha value is -2.62. The molecule has 1 heterocycles. The summed E-state index contributed by atoms with van der Waals surface area (Å²) in [5.41, 5.74) is 0.00229. The SMILES string of the molecule is CC(=O)O[C@@H]1[C@@H](OC(C)=O)[C@H](OC(C)=O)CS[C@@H]1c1c(O)cc(O)cc1O. The molecule has 1 saturated heterocycles. The Kier molecular flexibility index (Phi) is 6.42. The monoisotopic (exact) mass is 400 g/mol. The fourth-order valence-electron chi connectivity index (χ4n) is 2.89. The third kappa shape index (κ3) is 4.97. The van der Waals surface area contributed by atoms with Crippen LogP contribution >= 0.6 is 11.8 Å². The second kappa shape index (κ2) is 8.38. The molecule has 0 unspecified atom stereocenters. The molecule has 0 bridgehead atoms. The topological polar surface area (TPSA) is 140 Å². The van der Waals surface area contributed by atoms with Crippen molar-refractivity contribution >= 4 is 29.7 Å². The Morgan fingerprint density at radius 2 is 1.37 bits per heavy atom. The largest absolute Gasteiger partial charge is 0.508 e. The summed E-state index contributed by atoms with van der Waals surface area (Å²) < 4.78 is 15.8. The number of hydrogen-bond acceptors (Lipinski definition) is 10. The maximum Gasteiger partial charge on any atom is 0.303 e. The van der Waals surface area contributed by atoms with Crippen LogP contribution in [0.2, 0.25) is 0 Å². The van der Waals surface area contributed by atoms with Gasteiger partial charge < -0.3 is 29.5 Å². The molecule has 27 heavy (non-hydrogen) atoms. The Balaban J connectivity index is 2.49. The molecule has 0 aromatic heterocycles. The average Bonchev–Trinajstić information content (AvgIpc) is 2.50. The third-order valence-corrected chi connectivity index (χ3v) is 5.14. The number of thioether (sulfide) groups is 1. The molecule has 1 fully saturated rings. The van der Waals surface area contributed by atoms with Crippen LogP contribution in [0.4, 0.5) is 0 Å². The molecule has 1 aromatic rings. The van der Waals surface area contributed by atoms with Crippen molar-refractivity contribution in [1.29, 1.82) is 0 Å². The van der Waals surface area contributed by atoms with Gasteiger partial charge in [-0.05, 0) is 0 Å². The average molecular weight is 400 g/mol. The lowest BCUT2D eigenvalue weighted by atomic mass is 9.97. The van der Waals surface area contributed by atoms with Crippen LogP contribution in [0.15, 0.2) is 12.1 Å². The number of hydrogen-bond donors (Lipinski definition) is 3. The first-order chi connectivity index (χ1) is 12.6. The van der Waals surface area contributed by atoms with Crippen LogP contribution in [0.25, 0.3) is 0 Å². The first-order valence-corrected chi connectivity index (χ1v) is 9.03. The summed E-state index contributed by atoms with van der Waals surface area (Å²) in [6, 6.07) is 2.05. The summed E-state index contributed by atoms with van der Waals surface area (Å²) in [4.78, 5) is 34.6. The predicted molar refractivity (Wildman–Crippen MR) is 93.3 cm³/mol. The summed E-state index contributed by atoms with van der Waals surface area (Å²) in [7, 11) is 0. The lowest BCUT2D eigenvalue weighted by Crippen LogP contribution is -2.51. The van der Waals surface area contributed by atoms with Gasteiger partial charge in [-0.25, -0.2) is 0 Å². The minimum absolute atomic E-state index is 0.00229. The van der Waals surface area contributed by atoms with Gasteiger partial charge in [0.15, 0.2) is 18.3 Å². The molecule has 1 aromatic carbocycles. The minimum atomic E-state index is -1.16. The number of phenols is 3. The number of aromatic hydroxyl groups is 3. The summed E-state index contributed by atoms with van der Waals surface area (Å²) in [6.45, 7) is 3.50. The van der Waals surface area contributed by atoms with E-state index >= 15 is 0 Å². The first kappa shape index (κ1) is 20.7. The summed E-state index contributed by atoms with van der Waals surface area (Å²) >= 11 is 1.13. The van der Waals surface area contributed by atoms with Crippen molar-refractivity contribution in [2.24, 2.45) is 0 Å². The quantitative estimate of drug-likeness (QED) is 0.502. The molecular weight excluding hydrogens is 380 g/mol. The maximum atomic E-state index is 11.6. The van der Waals surface area contributed by atoms with E-state index in [0.29, 0.717) is 0 Å². The van der Waals surface area contributed by atoms with E-state index in [9.17, 15) is 29.7 Å². The van der Waals surface area contributed by atoms with Crippen molar-refractivity contribution in [3.8, 4) is 17.2 Å². The van der Waals surface area contributed by atoms with Gasteiger partial charge in [0, 0.05) is 38.7 Å². The number of carbonyl (C=O) groups is 3. The number of rotatable bonds is 4. The summed E-state index contributed by atoms with van der Waals surface area (Å²) in [6.07, 6.45) is -3.19. The third-order valence-electron chi connectivity index (χ3n) is 3.76. The fourth-order valence-corrected chi connectivity index (χ4v) is 4.35. The van der Waals surface area contributed by atoms with Gasteiger partial charge in [-0.2, -0.15) is 0 Å². The van der Waals surface area contributed by atoms with Gasteiger partial charge in [0.05, 0.1) is 10.8 Å². The first-order valence-electron chi connectivity index (χ1n) is 7.98. The molecule has 1 aliphatic heterocycles. The number of esters is 3. The highest BCUT2D eigenvalue weighted by Crippen LogP contribution is 2.49. The lowest BCUT2D eigenvalue weighted by molar-refractivity contribution is -0.182. The van der Waals surface area contributed by atoms with E-state index in [0.717, 1.165) is 37.7 Å². The molecule has 0 saturated carbocycles. The Bertz CT molecular complexity index is 725. The van der Waals surface area contributed by atoms with Crippen LogP contribution in [0.5, 0.6) is 17.2 Å². The fraction of sp³-hybridized carbons (Fsp3) is 0.471. The maximum absolute atomic E-state index is 11.6. The molecule has 0 spiro atoms. The Labute approximate surface area is 159 Å². The molecule has 3 N–H and O–H groups in total. The molecule has 2 rings (SSSR count). The van der Waals surface area contributed by atoms with Crippen molar-refractivity contribution in [1.82, 2.24) is 0 Å². The zero-order valence-electron chi connectivity index (χ0n) is 14.9. The highest BCUT2D eigenvalue weighted by Gasteiger charge is 2.48. The van der Waals surface area contributed by atoms with Gasteiger partial charge in [0.1, 0.15) is 17.2 Å². The van der Waals surface area contributed by atoms with Gasteiger partial charge in [0.2, 0.25) is 0 Å². The van der Waals surface area contributed by atoms with Crippen LogP contribution in [0, 0.1) is 0 Å². The second-order valence-corrected chi connectivity index (χ2v) is 7.12. The Morgan fingerprint density at radius 1 is 0.889 bits per heavy atom. The van der Waals surface area contributed by atoms with E-state index in [1.165, 1.54) is 6.92 Å². The number of carbonyl (C=O) groups excluding carboxylic acids is 3. The molecule has 148 valence electrons. The molecule has 1 aliphatic rings. The molecule has 4 atom stereocenters. The summed E-state index contributed by atoms with van der Waals surface area (Å²) in [5.74, 6) is -3.02. The summed E-state index contributed by atoms with van der Waals surface area (Å²) in [5, 5.41) is 29.0. The van der Waals surface area contributed by atoms with Gasteiger partial charge in [-0.15, -0.1) is 11.8 Å². The van der Waals surface area contributed by atoms with E-state index in [4.69, 9.17) is 14.2 Å². The van der Waals surface area contributed by atoms with Crippen molar-refractivity contribution < 1.29 is 43.9 Å². The lowest BCUT2D eigenvalue weighted by Gasteiger charge is -2.40. The second-order valence-electron chi connectivity index (χ2n) is 5.95. The van der Waals surface area contributed by atoms with Gasteiger partial charge in [-0.1, -0.05) is 0 Å². The van der Waals surface area contributed by atoms with E-state index < -0.39 is 53.0 Å². The van der Waals surface area contributed by atoms with Crippen molar-refractivity contribution in [2.45, 2.75) is 44.3 Å². The molecule has 0 aliphatic carbocycles. The van der Waals surface area contributed by atoms with Crippen LogP contribution in [0.1, 0.15) is 31.6 Å². The van der Waals surface area contributed by atoms with Crippen LogP contribution in [-0.4, -0.2) is 57.3 Å². The van der Waals surface area contributed by atoms with Crippen molar-refractivity contribution in [3.63, 3.8) is 0 Å². The molecule has 10 heteroatoms. The van der Waals surface area contributed by atoms with E-state index in [1.54, 1.807) is 0 Å². The smallest absolute Gasteiger partial charge is 0.303 e. The molecule has 9 nitrogen and oxygen atoms in total. The minimum Gasteiger partial charge on any atom is -0.508 e. The number of benzene rings is 1. The van der Waals surface area contributed by atoms with E-state index in [-0.39, 0.29) is 17.1 Å². The Morgan fingerprint density at radius 3 is 1.85 bits per heavy atom.